The molecule has 4 heteroatoms. The van der Waals surface area contributed by atoms with Crippen molar-refractivity contribution in [3.05, 3.63) is 23.9 Å². The fourth-order valence-electron chi connectivity index (χ4n) is 1.73. The van der Waals surface area contributed by atoms with Crippen molar-refractivity contribution in [3.63, 3.8) is 0 Å². The van der Waals surface area contributed by atoms with Gasteiger partial charge in [0.25, 0.3) is 0 Å². The fourth-order valence-corrected chi connectivity index (χ4v) is 1.73. The van der Waals surface area contributed by atoms with E-state index in [2.05, 4.69) is 34.4 Å². The zero-order valence-corrected chi connectivity index (χ0v) is 12.0. The van der Waals surface area contributed by atoms with Crippen LogP contribution in [-0.4, -0.2) is 30.5 Å². The van der Waals surface area contributed by atoms with E-state index in [0.717, 1.165) is 17.1 Å². The lowest BCUT2D eigenvalue weighted by atomic mass is 10.1. The summed E-state index contributed by atoms with van der Waals surface area (Å²) in [5.74, 6) is 1.15. The Morgan fingerprint density at radius 1 is 1.42 bits per heavy atom. The Bertz CT molecular complexity index is 506. The fraction of sp³-hybridized carbons (Fsp3) is 0.467. The summed E-state index contributed by atoms with van der Waals surface area (Å²) in [5.41, 5.74) is 1.76. The highest BCUT2D eigenvalue weighted by Gasteiger charge is 2.18. The molecule has 1 atom stereocenters. The van der Waals surface area contributed by atoms with Gasteiger partial charge in [0, 0.05) is 37.5 Å². The number of pyridine rings is 1. The van der Waals surface area contributed by atoms with Crippen molar-refractivity contribution >= 4 is 23.8 Å². The van der Waals surface area contributed by atoms with Crippen LogP contribution in [0, 0.1) is 5.92 Å². The molecule has 1 unspecified atom stereocenters. The summed E-state index contributed by atoms with van der Waals surface area (Å²) in [6, 6.07) is 1.98. The molecule has 0 bridgehead atoms. The molecule has 0 fully saturated rings. The van der Waals surface area contributed by atoms with Gasteiger partial charge in [0.1, 0.15) is 5.69 Å². The molecule has 0 saturated carbocycles. The molecule has 102 valence electrons. The number of fused-ring (bicyclic) bond motifs is 1. The Morgan fingerprint density at radius 3 is 2.95 bits per heavy atom. The van der Waals surface area contributed by atoms with Gasteiger partial charge in [0.2, 0.25) is 0 Å². The molecule has 1 aromatic heterocycles. The molecule has 19 heavy (non-hydrogen) atoms. The molecule has 0 spiro atoms. The molecule has 0 radical (unpaired) electrons. The normalized spacial score (nSPS) is 18.0. The first-order valence-electron chi connectivity index (χ1n) is 6.52. The second kappa shape index (κ2) is 5.53. The third-order valence-corrected chi connectivity index (χ3v) is 3.21. The van der Waals surface area contributed by atoms with Crippen LogP contribution in [0.4, 0.5) is 11.5 Å². The van der Waals surface area contributed by atoms with Gasteiger partial charge in [-0.15, -0.1) is 0 Å². The van der Waals surface area contributed by atoms with Gasteiger partial charge in [-0.1, -0.05) is 19.1 Å². The number of hydrogen-bond acceptors (Lipinski definition) is 4. The van der Waals surface area contributed by atoms with E-state index in [0.29, 0.717) is 12.5 Å². The number of methoxy groups -OCH3 is 1. The van der Waals surface area contributed by atoms with Gasteiger partial charge in [-0.05, 0) is 19.9 Å². The second-order valence-corrected chi connectivity index (χ2v) is 5.41. The van der Waals surface area contributed by atoms with Gasteiger partial charge in [0.15, 0.2) is 5.82 Å². The smallest absolute Gasteiger partial charge is 0.152 e. The summed E-state index contributed by atoms with van der Waals surface area (Å²) in [7, 11) is 1.71. The van der Waals surface area contributed by atoms with Crippen LogP contribution in [0.1, 0.15) is 26.3 Å². The first-order chi connectivity index (χ1) is 9.02. The Labute approximate surface area is 114 Å². The molecule has 0 aromatic carbocycles. The Hall–Kier alpha value is -1.68. The first-order valence-corrected chi connectivity index (χ1v) is 6.52. The molecule has 1 aliphatic rings. The SMILES string of the molecule is COC(C)(C)CNc1nccc2c1N=CC(C)C=C2. The van der Waals surface area contributed by atoms with Crippen LogP contribution in [0.3, 0.4) is 0 Å². The lowest BCUT2D eigenvalue weighted by Crippen LogP contribution is -2.32. The van der Waals surface area contributed by atoms with Gasteiger partial charge >= 0.3 is 0 Å². The summed E-state index contributed by atoms with van der Waals surface area (Å²) in [4.78, 5) is 8.92. The lowest BCUT2D eigenvalue weighted by molar-refractivity contribution is 0.0343. The number of hydrogen-bond donors (Lipinski definition) is 1. The minimum atomic E-state index is -0.234. The van der Waals surface area contributed by atoms with E-state index in [9.17, 15) is 0 Å². The highest BCUT2D eigenvalue weighted by Crippen LogP contribution is 2.30. The minimum absolute atomic E-state index is 0.234. The van der Waals surface area contributed by atoms with E-state index < -0.39 is 0 Å². The monoisotopic (exact) mass is 259 g/mol. The summed E-state index contributed by atoms with van der Waals surface area (Å²) in [5, 5.41) is 3.32. The average molecular weight is 259 g/mol. The van der Waals surface area contributed by atoms with Gasteiger partial charge < -0.3 is 10.1 Å². The van der Waals surface area contributed by atoms with Crippen LogP contribution < -0.4 is 5.32 Å². The van der Waals surface area contributed by atoms with Gasteiger partial charge in [-0.25, -0.2) is 4.98 Å². The van der Waals surface area contributed by atoms with E-state index in [1.807, 2.05) is 26.1 Å². The van der Waals surface area contributed by atoms with Gasteiger partial charge in [0.05, 0.1) is 5.60 Å². The van der Waals surface area contributed by atoms with Crippen LogP contribution in [0.15, 0.2) is 23.3 Å². The van der Waals surface area contributed by atoms with Gasteiger partial charge in [-0.2, -0.15) is 0 Å². The van der Waals surface area contributed by atoms with Crippen molar-refractivity contribution in [1.82, 2.24) is 4.98 Å². The standard InChI is InChI=1S/C15H21N3O/c1-11-5-6-12-7-8-16-14(13(12)17-9-11)18-10-15(2,3)19-4/h5-9,11H,10H2,1-4H3,(H,16,18). The molecule has 1 aromatic rings. The van der Waals surface area contributed by atoms with Crippen LogP contribution >= 0.6 is 0 Å². The average Bonchev–Trinajstić information content (AvgIpc) is 2.59. The van der Waals surface area contributed by atoms with E-state index in [1.54, 1.807) is 13.3 Å². The Morgan fingerprint density at radius 2 is 2.21 bits per heavy atom. The molecule has 2 rings (SSSR count). The topological polar surface area (TPSA) is 46.5 Å². The van der Waals surface area contributed by atoms with E-state index in [4.69, 9.17) is 4.74 Å². The molecule has 1 aliphatic heterocycles. The zero-order valence-electron chi connectivity index (χ0n) is 12.0. The number of aliphatic imine (C=N–C) groups is 1. The molecule has 0 amide bonds. The van der Waals surface area contributed by atoms with E-state index in [1.165, 1.54) is 0 Å². The largest absolute Gasteiger partial charge is 0.377 e. The molecule has 4 nitrogen and oxygen atoms in total. The number of anilines is 1. The number of nitrogens with one attached hydrogen (secondary N) is 1. The summed E-state index contributed by atoms with van der Waals surface area (Å²) < 4.78 is 5.40. The predicted octanol–water partition coefficient (Wildman–Crippen LogP) is 3.28. The van der Waals surface area contributed by atoms with Crippen molar-refractivity contribution in [3.8, 4) is 0 Å². The van der Waals surface area contributed by atoms with Crippen LogP contribution in [0.2, 0.25) is 0 Å². The lowest BCUT2D eigenvalue weighted by Gasteiger charge is -2.23. The summed E-state index contributed by atoms with van der Waals surface area (Å²) in [6.07, 6.45) is 7.98. The summed E-state index contributed by atoms with van der Waals surface area (Å²) in [6.45, 7) is 6.86. The summed E-state index contributed by atoms with van der Waals surface area (Å²) >= 11 is 0. The second-order valence-electron chi connectivity index (χ2n) is 5.41. The number of ether oxygens (including phenoxy) is 1. The predicted molar refractivity (Wildman–Crippen MR) is 80.2 cm³/mol. The first kappa shape index (κ1) is 13.7. The van der Waals surface area contributed by atoms with Crippen molar-refractivity contribution in [2.24, 2.45) is 10.9 Å². The maximum Gasteiger partial charge on any atom is 0.152 e. The van der Waals surface area contributed by atoms with E-state index >= 15 is 0 Å². The Kier molecular flexibility index (Phi) is 4.00. The van der Waals surface area contributed by atoms with Crippen LogP contribution in [-0.2, 0) is 4.74 Å². The zero-order chi connectivity index (χ0) is 13.9. The maximum absolute atomic E-state index is 5.40. The maximum atomic E-state index is 5.40. The highest BCUT2D eigenvalue weighted by molar-refractivity contribution is 5.82. The molecular weight excluding hydrogens is 238 g/mol. The van der Waals surface area contributed by atoms with Crippen molar-refractivity contribution in [1.29, 1.82) is 0 Å². The number of aromatic nitrogens is 1. The van der Waals surface area contributed by atoms with Crippen LogP contribution in [0.25, 0.3) is 6.08 Å². The number of nitrogens with zero attached hydrogens (tertiary/aromatic N) is 2. The van der Waals surface area contributed by atoms with Crippen molar-refractivity contribution in [2.75, 3.05) is 19.0 Å². The molecule has 2 heterocycles. The third-order valence-electron chi connectivity index (χ3n) is 3.21. The molecule has 0 saturated heterocycles. The molecule has 0 aliphatic carbocycles. The van der Waals surface area contributed by atoms with Crippen molar-refractivity contribution < 1.29 is 4.74 Å². The van der Waals surface area contributed by atoms with Crippen LogP contribution in [0.5, 0.6) is 0 Å². The van der Waals surface area contributed by atoms with Gasteiger partial charge in [-0.3, -0.25) is 4.99 Å². The number of rotatable bonds is 4. The van der Waals surface area contributed by atoms with Crippen molar-refractivity contribution in [2.45, 2.75) is 26.4 Å². The highest BCUT2D eigenvalue weighted by atomic mass is 16.5. The minimum Gasteiger partial charge on any atom is -0.377 e. The molecule has 1 N–H and O–H groups in total. The van der Waals surface area contributed by atoms with E-state index in [-0.39, 0.29) is 5.60 Å². The molecular formula is C15H21N3O. The number of allylic oxidation sites excluding steroid dienone is 1. The Balaban J connectivity index is 2.24. The quantitative estimate of drug-likeness (QED) is 0.902. The third kappa shape index (κ3) is 3.41.